The van der Waals surface area contributed by atoms with E-state index in [-0.39, 0.29) is 12.5 Å². The lowest BCUT2D eigenvalue weighted by Crippen LogP contribution is -2.48. The lowest BCUT2D eigenvalue weighted by molar-refractivity contribution is -0.0304. The third-order valence-electron chi connectivity index (χ3n) is 5.55. The van der Waals surface area contributed by atoms with Gasteiger partial charge in [0.1, 0.15) is 17.0 Å². The first kappa shape index (κ1) is 17.6. The summed E-state index contributed by atoms with van der Waals surface area (Å²) in [7, 11) is 1.60. The Morgan fingerprint density at radius 1 is 1.19 bits per heavy atom. The number of H-pyrrole nitrogens is 1. The second-order valence-corrected chi connectivity index (χ2v) is 7.23. The van der Waals surface area contributed by atoms with E-state index in [0.29, 0.717) is 24.4 Å². The zero-order chi connectivity index (χ0) is 19.0. The number of ether oxygens (including phenoxy) is 1. The van der Waals surface area contributed by atoms with Crippen LogP contribution in [0.3, 0.4) is 0 Å². The van der Waals surface area contributed by atoms with E-state index in [0.717, 1.165) is 28.5 Å². The Balaban J connectivity index is 1.66. The minimum absolute atomic E-state index is 0.0725. The van der Waals surface area contributed by atoms with Crippen LogP contribution in [0.2, 0.25) is 0 Å². The molecule has 0 spiro atoms. The Labute approximate surface area is 158 Å². The fraction of sp³-hybridized carbons (Fsp3) is 0.318. The molecule has 5 nitrogen and oxygen atoms in total. The summed E-state index contributed by atoms with van der Waals surface area (Å²) in [5.41, 5.74) is 2.12. The molecule has 2 heterocycles. The number of hydrogen-bond donors (Lipinski definition) is 2. The Hall–Kier alpha value is -2.79. The molecule has 140 valence electrons. The maximum Gasteiger partial charge on any atom is 0.270 e. The van der Waals surface area contributed by atoms with E-state index >= 15 is 0 Å². The molecule has 1 amide bonds. The van der Waals surface area contributed by atoms with Crippen molar-refractivity contribution < 1.29 is 14.6 Å². The number of carbonyl (C=O) groups is 1. The summed E-state index contributed by atoms with van der Waals surface area (Å²) in [4.78, 5) is 18.2. The van der Waals surface area contributed by atoms with E-state index < -0.39 is 5.60 Å². The zero-order valence-corrected chi connectivity index (χ0v) is 15.7. The number of aryl methyl sites for hydroxylation is 1. The van der Waals surface area contributed by atoms with Crippen molar-refractivity contribution in [2.45, 2.75) is 25.4 Å². The molecular formula is C22H24N2O3. The number of hydrogen-bond acceptors (Lipinski definition) is 3. The lowest BCUT2D eigenvalue weighted by atomic mass is 9.85. The van der Waals surface area contributed by atoms with Gasteiger partial charge in [0.05, 0.1) is 13.7 Å². The van der Waals surface area contributed by atoms with Crippen LogP contribution in [-0.2, 0) is 5.60 Å². The average Bonchev–Trinajstić information content (AvgIpc) is 3.04. The van der Waals surface area contributed by atoms with Gasteiger partial charge in [-0.3, -0.25) is 4.79 Å². The molecule has 27 heavy (non-hydrogen) atoms. The van der Waals surface area contributed by atoms with E-state index in [1.807, 2.05) is 55.5 Å². The van der Waals surface area contributed by atoms with Crippen molar-refractivity contribution in [1.29, 1.82) is 0 Å². The van der Waals surface area contributed by atoms with E-state index in [9.17, 15) is 9.90 Å². The molecule has 1 saturated heterocycles. The maximum absolute atomic E-state index is 13.2. The summed E-state index contributed by atoms with van der Waals surface area (Å²) < 4.78 is 5.43. The summed E-state index contributed by atoms with van der Waals surface area (Å²) in [6.07, 6.45) is 1.34. The van der Waals surface area contributed by atoms with Gasteiger partial charge in [-0.1, -0.05) is 36.4 Å². The molecule has 1 aliphatic rings. The fourth-order valence-electron chi connectivity index (χ4n) is 4.11. The van der Waals surface area contributed by atoms with Crippen molar-refractivity contribution in [3.8, 4) is 5.75 Å². The summed E-state index contributed by atoms with van der Waals surface area (Å²) >= 11 is 0. The van der Waals surface area contributed by atoms with E-state index in [4.69, 9.17) is 4.74 Å². The van der Waals surface area contributed by atoms with Gasteiger partial charge in [-0.25, -0.2) is 0 Å². The van der Waals surface area contributed by atoms with Gasteiger partial charge in [-0.05, 0) is 37.5 Å². The Morgan fingerprint density at radius 3 is 2.70 bits per heavy atom. The number of likely N-dealkylation sites (tertiary alicyclic amines) is 1. The van der Waals surface area contributed by atoms with Crippen LogP contribution in [0, 0.1) is 6.92 Å². The third kappa shape index (κ3) is 2.98. The van der Waals surface area contributed by atoms with Crippen molar-refractivity contribution in [1.82, 2.24) is 9.88 Å². The molecule has 0 unspecified atom stereocenters. The molecule has 5 heteroatoms. The number of nitrogens with one attached hydrogen (secondary N) is 1. The van der Waals surface area contributed by atoms with Crippen molar-refractivity contribution >= 4 is 16.8 Å². The van der Waals surface area contributed by atoms with Gasteiger partial charge in [0, 0.05) is 23.0 Å². The number of rotatable bonds is 3. The predicted octanol–water partition coefficient (Wildman–Crippen LogP) is 3.61. The van der Waals surface area contributed by atoms with Crippen LogP contribution >= 0.6 is 0 Å². The molecule has 0 radical (unpaired) electrons. The van der Waals surface area contributed by atoms with Gasteiger partial charge in [-0.15, -0.1) is 0 Å². The number of aromatic amines is 1. The molecule has 4 rings (SSSR count). The topological polar surface area (TPSA) is 65.6 Å². The second kappa shape index (κ2) is 6.74. The van der Waals surface area contributed by atoms with Crippen LogP contribution in [0.15, 0.2) is 48.5 Å². The van der Waals surface area contributed by atoms with Crippen molar-refractivity contribution in [2.75, 3.05) is 20.2 Å². The first-order valence-electron chi connectivity index (χ1n) is 9.26. The molecule has 2 N–H and O–H groups in total. The zero-order valence-electron chi connectivity index (χ0n) is 15.7. The lowest BCUT2D eigenvalue weighted by Gasteiger charge is -2.40. The molecule has 0 aliphatic carbocycles. The number of amides is 1. The number of β-amino-alcohol motifs (C(OH)–C–C–N with tert-alkyl or cyclic N) is 1. The van der Waals surface area contributed by atoms with E-state index in [2.05, 4.69) is 4.98 Å². The van der Waals surface area contributed by atoms with Gasteiger partial charge in [-0.2, -0.15) is 0 Å². The number of carbonyl (C=O) groups excluding carboxylic acids is 1. The molecule has 0 bridgehead atoms. The Kier molecular flexibility index (Phi) is 4.40. The van der Waals surface area contributed by atoms with Crippen molar-refractivity contribution in [3.05, 3.63) is 65.4 Å². The second-order valence-electron chi connectivity index (χ2n) is 7.23. The van der Waals surface area contributed by atoms with E-state index in [1.165, 1.54) is 0 Å². The highest BCUT2D eigenvalue weighted by Gasteiger charge is 2.39. The number of aliphatic hydroxyl groups is 1. The van der Waals surface area contributed by atoms with Crippen LogP contribution in [0.4, 0.5) is 0 Å². The first-order chi connectivity index (χ1) is 13.0. The van der Waals surface area contributed by atoms with Crippen LogP contribution in [0.5, 0.6) is 5.75 Å². The number of piperidine rings is 1. The number of para-hydroxylation sites is 2. The normalized spacial score (nSPS) is 20.0. The fourth-order valence-corrected chi connectivity index (χ4v) is 4.11. The smallest absolute Gasteiger partial charge is 0.270 e. The SMILES string of the molecule is COc1ccccc1[C@]1(O)CCCN(C(=O)c2[nH]c3ccccc3c2C)C1. The molecule has 1 atom stereocenters. The number of benzene rings is 2. The van der Waals surface area contributed by atoms with E-state index in [1.54, 1.807) is 12.0 Å². The molecule has 3 aromatic rings. The van der Waals surface area contributed by atoms with Gasteiger partial charge < -0.3 is 19.7 Å². The highest BCUT2D eigenvalue weighted by atomic mass is 16.5. The molecule has 2 aromatic carbocycles. The number of aromatic nitrogens is 1. The average molecular weight is 364 g/mol. The van der Waals surface area contributed by atoms with Gasteiger partial charge >= 0.3 is 0 Å². The van der Waals surface area contributed by atoms with Crippen LogP contribution in [-0.4, -0.2) is 41.1 Å². The highest BCUT2D eigenvalue weighted by molar-refractivity contribution is 6.01. The van der Waals surface area contributed by atoms with Gasteiger partial charge in [0.15, 0.2) is 0 Å². The number of fused-ring (bicyclic) bond motifs is 1. The van der Waals surface area contributed by atoms with Crippen LogP contribution in [0.1, 0.15) is 34.5 Å². The number of nitrogens with zero attached hydrogens (tertiary/aromatic N) is 1. The van der Waals surface area contributed by atoms with Crippen molar-refractivity contribution in [3.63, 3.8) is 0 Å². The molecular weight excluding hydrogens is 340 g/mol. The van der Waals surface area contributed by atoms with Gasteiger partial charge in [0.2, 0.25) is 0 Å². The largest absolute Gasteiger partial charge is 0.496 e. The van der Waals surface area contributed by atoms with Crippen LogP contribution < -0.4 is 4.74 Å². The van der Waals surface area contributed by atoms with Gasteiger partial charge in [0.25, 0.3) is 5.91 Å². The summed E-state index contributed by atoms with van der Waals surface area (Å²) in [6, 6.07) is 15.4. The summed E-state index contributed by atoms with van der Waals surface area (Å²) in [5.74, 6) is 0.577. The molecule has 1 aliphatic heterocycles. The maximum atomic E-state index is 13.2. The highest BCUT2D eigenvalue weighted by Crippen LogP contribution is 2.37. The molecule has 1 aromatic heterocycles. The molecule has 0 saturated carbocycles. The minimum atomic E-state index is -1.11. The monoisotopic (exact) mass is 364 g/mol. The predicted molar refractivity (Wildman–Crippen MR) is 105 cm³/mol. The summed E-state index contributed by atoms with van der Waals surface area (Å²) in [6.45, 7) is 2.84. The van der Waals surface area contributed by atoms with Crippen molar-refractivity contribution in [2.24, 2.45) is 0 Å². The quantitative estimate of drug-likeness (QED) is 0.746. The minimum Gasteiger partial charge on any atom is -0.496 e. The number of methoxy groups -OCH3 is 1. The summed E-state index contributed by atoms with van der Waals surface area (Å²) in [5, 5.41) is 12.4. The Bertz CT molecular complexity index is 994. The molecule has 1 fully saturated rings. The first-order valence-corrected chi connectivity index (χ1v) is 9.26. The van der Waals surface area contributed by atoms with Crippen LogP contribution in [0.25, 0.3) is 10.9 Å². The third-order valence-corrected chi connectivity index (χ3v) is 5.55. The Morgan fingerprint density at radius 2 is 1.93 bits per heavy atom. The standard InChI is InChI=1S/C22H24N2O3/c1-15-16-8-3-5-10-18(16)23-20(15)21(25)24-13-7-12-22(26,14-24)17-9-4-6-11-19(17)27-2/h3-6,8-11,23,26H,7,12-14H2,1-2H3/t22-/m0/s1.